The maximum atomic E-state index is 12.1. The molecule has 1 amide bonds. The molecule has 2 rings (SSSR count). The van der Waals surface area contributed by atoms with E-state index in [0.29, 0.717) is 12.2 Å². The van der Waals surface area contributed by atoms with Crippen LogP contribution in [-0.2, 0) is 0 Å². The van der Waals surface area contributed by atoms with Gasteiger partial charge in [-0.3, -0.25) is 4.79 Å². The zero-order valence-corrected chi connectivity index (χ0v) is 12.6. The van der Waals surface area contributed by atoms with Crippen molar-refractivity contribution >= 4 is 11.9 Å². The number of carboxylic acids is 1. The molecule has 0 aliphatic heterocycles. The van der Waals surface area contributed by atoms with Crippen LogP contribution in [0.1, 0.15) is 65.6 Å². The van der Waals surface area contributed by atoms with Crippen LogP contribution in [0.4, 0.5) is 0 Å². The van der Waals surface area contributed by atoms with Crippen molar-refractivity contribution in [2.75, 3.05) is 6.54 Å². The fraction of sp³-hybridized carbons (Fsp3) is 0.562. The van der Waals surface area contributed by atoms with Crippen LogP contribution in [0, 0.1) is 12.3 Å². The molecule has 5 nitrogen and oxygen atoms in total. The first kappa shape index (κ1) is 15.5. The third-order valence-corrected chi connectivity index (χ3v) is 4.29. The van der Waals surface area contributed by atoms with Crippen molar-refractivity contribution in [3.8, 4) is 0 Å². The summed E-state index contributed by atoms with van der Waals surface area (Å²) < 4.78 is 0. The maximum Gasteiger partial charge on any atom is 0.337 e. The Labute approximate surface area is 124 Å². The van der Waals surface area contributed by atoms with Crippen molar-refractivity contribution < 1.29 is 14.7 Å². The number of nitrogens with zero attached hydrogens (tertiary/aromatic N) is 1. The number of hydrogen-bond donors (Lipinski definition) is 2. The summed E-state index contributed by atoms with van der Waals surface area (Å²) in [6.07, 6.45) is 5.99. The molecule has 0 radical (unpaired) electrons. The number of carbonyl (C=O) groups excluding carboxylic acids is 1. The Kier molecular flexibility index (Phi) is 4.60. The maximum absolute atomic E-state index is 12.1. The molecular weight excluding hydrogens is 268 g/mol. The minimum absolute atomic E-state index is 0.130. The summed E-state index contributed by atoms with van der Waals surface area (Å²) in [4.78, 5) is 27.2. The second-order valence-electron chi connectivity index (χ2n) is 6.19. The third kappa shape index (κ3) is 3.80. The number of carboxylic acid groups (broad SMARTS) is 1. The zero-order valence-electron chi connectivity index (χ0n) is 12.6. The lowest BCUT2D eigenvalue weighted by molar-refractivity contribution is 0.0694. The molecule has 21 heavy (non-hydrogen) atoms. The molecule has 0 unspecified atom stereocenters. The van der Waals surface area contributed by atoms with Crippen LogP contribution in [0.5, 0.6) is 0 Å². The lowest BCUT2D eigenvalue weighted by Gasteiger charge is -2.33. The highest BCUT2D eigenvalue weighted by Crippen LogP contribution is 2.34. The highest BCUT2D eigenvalue weighted by atomic mass is 16.4. The first-order chi connectivity index (χ1) is 9.91. The van der Waals surface area contributed by atoms with Gasteiger partial charge in [0.2, 0.25) is 0 Å². The van der Waals surface area contributed by atoms with Gasteiger partial charge in [0.15, 0.2) is 0 Å². The SMILES string of the molecule is Cc1nc(C(=O)NCC2(C)CCCCC2)ccc1C(=O)O. The van der Waals surface area contributed by atoms with Crippen molar-refractivity contribution in [2.24, 2.45) is 5.41 Å². The summed E-state index contributed by atoms with van der Waals surface area (Å²) in [5, 5.41) is 11.9. The summed E-state index contributed by atoms with van der Waals surface area (Å²) in [7, 11) is 0. The average Bonchev–Trinajstić information content (AvgIpc) is 2.45. The van der Waals surface area contributed by atoms with Crippen LogP contribution in [0.15, 0.2) is 12.1 Å². The Morgan fingerprint density at radius 1 is 1.29 bits per heavy atom. The van der Waals surface area contributed by atoms with Crippen molar-refractivity contribution in [1.29, 1.82) is 0 Å². The van der Waals surface area contributed by atoms with Crippen molar-refractivity contribution in [3.63, 3.8) is 0 Å². The van der Waals surface area contributed by atoms with Crippen LogP contribution < -0.4 is 5.32 Å². The Hall–Kier alpha value is -1.91. The number of aromatic carboxylic acids is 1. The van der Waals surface area contributed by atoms with Crippen molar-refractivity contribution in [2.45, 2.75) is 46.0 Å². The van der Waals surface area contributed by atoms with E-state index in [1.165, 1.54) is 31.4 Å². The summed E-state index contributed by atoms with van der Waals surface area (Å²) >= 11 is 0. The molecule has 2 N–H and O–H groups in total. The van der Waals surface area contributed by atoms with Crippen LogP contribution >= 0.6 is 0 Å². The number of amides is 1. The first-order valence-corrected chi connectivity index (χ1v) is 7.40. The third-order valence-electron chi connectivity index (χ3n) is 4.29. The Balaban J connectivity index is 2.00. The van der Waals surface area contributed by atoms with E-state index in [1.54, 1.807) is 6.92 Å². The van der Waals surface area contributed by atoms with Gasteiger partial charge in [0, 0.05) is 6.54 Å². The number of nitrogens with one attached hydrogen (secondary N) is 1. The molecule has 1 aromatic rings. The van der Waals surface area contributed by atoms with E-state index in [9.17, 15) is 9.59 Å². The first-order valence-electron chi connectivity index (χ1n) is 7.40. The standard InChI is InChI=1S/C16H22N2O3/c1-11-12(15(20)21)6-7-13(18-11)14(19)17-10-16(2)8-4-3-5-9-16/h6-7H,3-5,8-10H2,1-2H3,(H,17,19)(H,20,21). The summed E-state index contributed by atoms with van der Waals surface area (Å²) in [6, 6.07) is 2.90. The number of hydrogen-bond acceptors (Lipinski definition) is 3. The lowest BCUT2D eigenvalue weighted by Crippen LogP contribution is -2.37. The minimum Gasteiger partial charge on any atom is -0.478 e. The molecule has 114 valence electrons. The molecule has 0 bridgehead atoms. The fourth-order valence-electron chi connectivity index (χ4n) is 2.88. The van der Waals surface area contributed by atoms with Gasteiger partial charge in [-0.1, -0.05) is 26.2 Å². The Morgan fingerprint density at radius 2 is 1.95 bits per heavy atom. The summed E-state index contributed by atoms with van der Waals surface area (Å²) in [6.45, 7) is 4.45. The second kappa shape index (κ2) is 6.24. The van der Waals surface area contributed by atoms with E-state index in [0.717, 1.165) is 12.8 Å². The van der Waals surface area contributed by atoms with Gasteiger partial charge in [-0.2, -0.15) is 0 Å². The second-order valence-corrected chi connectivity index (χ2v) is 6.19. The van der Waals surface area contributed by atoms with Gasteiger partial charge in [0.1, 0.15) is 5.69 Å². The van der Waals surface area contributed by atoms with E-state index in [1.807, 2.05) is 0 Å². The lowest BCUT2D eigenvalue weighted by atomic mass is 9.76. The zero-order chi connectivity index (χ0) is 15.5. The molecular formula is C16H22N2O3. The molecule has 0 atom stereocenters. The number of aromatic nitrogens is 1. The van der Waals surface area contributed by atoms with E-state index in [4.69, 9.17) is 5.11 Å². The van der Waals surface area contributed by atoms with Gasteiger partial charge < -0.3 is 10.4 Å². The summed E-state index contributed by atoms with van der Waals surface area (Å²) in [5.41, 5.74) is 0.936. The largest absolute Gasteiger partial charge is 0.478 e. The highest BCUT2D eigenvalue weighted by Gasteiger charge is 2.27. The van der Waals surface area contributed by atoms with Gasteiger partial charge in [-0.05, 0) is 37.3 Å². The van der Waals surface area contributed by atoms with E-state index < -0.39 is 5.97 Å². The van der Waals surface area contributed by atoms with Crippen LogP contribution in [0.25, 0.3) is 0 Å². The van der Waals surface area contributed by atoms with Crippen molar-refractivity contribution in [3.05, 3.63) is 29.1 Å². The number of rotatable bonds is 4. The molecule has 1 saturated carbocycles. The van der Waals surface area contributed by atoms with Gasteiger partial charge in [0.05, 0.1) is 11.3 Å². The van der Waals surface area contributed by atoms with Gasteiger partial charge >= 0.3 is 5.97 Å². The van der Waals surface area contributed by atoms with E-state index >= 15 is 0 Å². The molecule has 0 spiro atoms. The molecule has 0 aromatic carbocycles. The highest BCUT2D eigenvalue weighted by molar-refractivity contribution is 5.94. The molecule has 1 aromatic heterocycles. The van der Waals surface area contributed by atoms with Crippen LogP contribution in [0.2, 0.25) is 0 Å². The normalized spacial score (nSPS) is 17.2. The molecule has 5 heteroatoms. The molecule has 1 heterocycles. The van der Waals surface area contributed by atoms with Gasteiger partial charge in [-0.25, -0.2) is 9.78 Å². The van der Waals surface area contributed by atoms with E-state index in [-0.39, 0.29) is 22.6 Å². The van der Waals surface area contributed by atoms with Gasteiger partial charge in [0.25, 0.3) is 5.91 Å². The minimum atomic E-state index is -1.03. The number of aryl methyl sites for hydroxylation is 1. The topological polar surface area (TPSA) is 79.3 Å². The number of carbonyl (C=O) groups is 2. The molecule has 1 aliphatic rings. The predicted molar refractivity (Wildman–Crippen MR) is 79.5 cm³/mol. The van der Waals surface area contributed by atoms with E-state index in [2.05, 4.69) is 17.2 Å². The quantitative estimate of drug-likeness (QED) is 0.893. The Morgan fingerprint density at radius 3 is 2.52 bits per heavy atom. The average molecular weight is 290 g/mol. The smallest absolute Gasteiger partial charge is 0.337 e. The van der Waals surface area contributed by atoms with Crippen LogP contribution in [-0.4, -0.2) is 28.5 Å². The molecule has 0 saturated heterocycles. The van der Waals surface area contributed by atoms with Gasteiger partial charge in [-0.15, -0.1) is 0 Å². The fourth-order valence-corrected chi connectivity index (χ4v) is 2.88. The van der Waals surface area contributed by atoms with Crippen LogP contribution in [0.3, 0.4) is 0 Å². The Bertz CT molecular complexity index is 548. The summed E-state index contributed by atoms with van der Waals surface area (Å²) in [5.74, 6) is -1.26. The monoisotopic (exact) mass is 290 g/mol. The molecule has 1 aliphatic carbocycles. The molecule has 1 fully saturated rings. The number of pyridine rings is 1. The predicted octanol–water partition coefficient (Wildman–Crippen LogP) is 2.79. The van der Waals surface area contributed by atoms with Crippen molar-refractivity contribution in [1.82, 2.24) is 10.3 Å².